The number of carbonyl (C=O) groups is 2. The van der Waals surface area contributed by atoms with Crippen molar-refractivity contribution in [2.45, 2.75) is 6.54 Å². The number of halogens is 1. The molecule has 0 aliphatic carbocycles. The molecule has 2 amide bonds. The van der Waals surface area contributed by atoms with Crippen molar-refractivity contribution in [2.75, 3.05) is 19.0 Å². The van der Waals surface area contributed by atoms with Crippen molar-refractivity contribution in [1.82, 2.24) is 15.4 Å². The Morgan fingerprint density at radius 3 is 2.44 bits per heavy atom. The molecule has 0 bridgehead atoms. The molecule has 3 N–H and O–H groups in total. The average molecular weight is 409 g/mol. The van der Waals surface area contributed by atoms with Gasteiger partial charge in [-0.05, 0) is 46.3 Å². The fraction of sp³-hybridized carbons (Fsp3) is 0.188. The third-order valence-corrected chi connectivity index (χ3v) is 3.61. The number of amides is 2. The molecule has 9 heteroatoms. The number of hydrogen-bond donors (Lipinski definition) is 3. The zero-order chi connectivity index (χ0) is 18.2. The van der Waals surface area contributed by atoms with Crippen LogP contribution < -0.4 is 26.5 Å². The molecule has 2 aromatic rings. The zero-order valence-electron chi connectivity index (χ0n) is 13.4. The van der Waals surface area contributed by atoms with Crippen LogP contribution in [0.1, 0.15) is 0 Å². The van der Waals surface area contributed by atoms with E-state index in [1.165, 1.54) is 16.8 Å². The number of rotatable bonds is 6. The lowest BCUT2D eigenvalue weighted by Crippen LogP contribution is -2.46. The number of ether oxygens (including phenoxy) is 1. The summed E-state index contributed by atoms with van der Waals surface area (Å²) in [7, 11) is 1.57. The summed E-state index contributed by atoms with van der Waals surface area (Å²) in [6.45, 7) is -0.228. The molecule has 0 aliphatic rings. The van der Waals surface area contributed by atoms with Crippen LogP contribution in [-0.4, -0.2) is 30.0 Å². The molecule has 0 aliphatic heterocycles. The first-order chi connectivity index (χ1) is 12.0. The van der Waals surface area contributed by atoms with Gasteiger partial charge in [-0.25, -0.2) is 0 Å². The molecular formula is C16H17BrN4O4. The van der Waals surface area contributed by atoms with Gasteiger partial charge in [0.15, 0.2) is 0 Å². The van der Waals surface area contributed by atoms with Crippen LogP contribution in [0, 0.1) is 0 Å². The van der Waals surface area contributed by atoms with E-state index in [1.54, 1.807) is 37.4 Å². The van der Waals surface area contributed by atoms with E-state index in [9.17, 15) is 14.4 Å². The SMILES string of the molecule is COc1ccc(NCC(=O)NNC(=O)Cn2cc(Br)ccc2=O)cc1. The Morgan fingerprint density at radius 2 is 1.76 bits per heavy atom. The Labute approximate surface area is 152 Å². The van der Waals surface area contributed by atoms with Crippen LogP contribution in [0.25, 0.3) is 0 Å². The van der Waals surface area contributed by atoms with Gasteiger partial charge in [0, 0.05) is 22.4 Å². The summed E-state index contributed by atoms with van der Waals surface area (Å²) >= 11 is 3.22. The summed E-state index contributed by atoms with van der Waals surface area (Å²) in [5, 5.41) is 2.91. The van der Waals surface area contributed by atoms with Gasteiger partial charge in [-0.3, -0.25) is 25.2 Å². The second-order valence-corrected chi connectivity index (χ2v) is 5.91. The Morgan fingerprint density at radius 1 is 1.08 bits per heavy atom. The molecule has 0 unspecified atom stereocenters. The number of nitrogens with zero attached hydrogens (tertiary/aromatic N) is 1. The fourth-order valence-electron chi connectivity index (χ4n) is 1.89. The van der Waals surface area contributed by atoms with E-state index in [0.717, 1.165) is 5.69 Å². The molecule has 0 spiro atoms. The highest BCUT2D eigenvalue weighted by atomic mass is 79.9. The van der Waals surface area contributed by atoms with Gasteiger partial charge >= 0.3 is 0 Å². The molecule has 8 nitrogen and oxygen atoms in total. The minimum absolute atomic E-state index is 0.0244. The summed E-state index contributed by atoms with van der Waals surface area (Å²) < 4.78 is 6.94. The number of anilines is 1. The highest BCUT2D eigenvalue weighted by Gasteiger charge is 2.07. The van der Waals surface area contributed by atoms with E-state index < -0.39 is 11.8 Å². The number of hydrogen-bond acceptors (Lipinski definition) is 5. The lowest BCUT2D eigenvalue weighted by atomic mass is 10.3. The van der Waals surface area contributed by atoms with Crippen LogP contribution in [0.4, 0.5) is 5.69 Å². The number of carbonyl (C=O) groups excluding carboxylic acids is 2. The molecule has 0 saturated carbocycles. The van der Waals surface area contributed by atoms with Crippen molar-refractivity contribution >= 4 is 33.4 Å². The van der Waals surface area contributed by atoms with Crippen molar-refractivity contribution in [3.8, 4) is 5.75 Å². The van der Waals surface area contributed by atoms with E-state index in [2.05, 4.69) is 32.1 Å². The first-order valence-corrected chi connectivity index (χ1v) is 8.09. The number of aromatic nitrogens is 1. The second-order valence-electron chi connectivity index (χ2n) is 4.99. The minimum Gasteiger partial charge on any atom is -0.497 e. The third-order valence-electron chi connectivity index (χ3n) is 3.15. The third kappa shape index (κ3) is 5.96. The van der Waals surface area contributed by atoms with Gasteiger partial charge in [-0.1, -0.05) is 0 Å². The quantitative estimate of drug-likeness (QED) is 0.615. The normalized spacial score (nSPS) is 10.0. The number of pyridine rings is 1. The van der Waals surface area contributed by atoms with Crippen LogP contribution in [-0.2, 0) is 16.1 Å². The standard InChI is InChI=1S/C16H17BrN4O4/c1-25-13-5-3-12(4-6-13)18-8-14(22)19-20-15(23)10-21-9-11(17)2-7-16(21)24/h2-7,9,18H,8,10H2,1H3,(H,19,22)(H,20,23). The topological polar surface area (TPSA) is 101 Å². The predicted molar refractivity (Wildman–Crippen MR) is 96.2 cm³/mol. The zero-order valence-corrected chi connectivity index (χ0v) is 15.0. The van der Waals surface area contributed by atoms with E-state index in [4.69, 9.17) is 4.74 Å². The monoisotopic (exact) mass is 408 g/mol. The summed E-state index contributed by atoms with van der Waals surface area (Å²) in [5.74, 6) is -0.228. The maximum atomic E-state index is 11.8. The van der Waals surface area contributed by atoms with Crippen molar-refractivity contribution in [3.63, 3.8) is 0 Å². The van der Waals surface area contributed by atoms with Gasteiger partial charge in [0.05, 0.1) is 13.7 Å². The smallest absolute Gasteiger partial charge is 0.258 e. The van der Waals surface area contributed by atoms with Crippen molar-refractivity contribution in [2.24, 2.45) is 0 Å². The maximum absolute atomic E-state index is 11.8. The van der Waals surface area contributed by atoms with Gasteiger partial charge < -0.3 is 14.6 Å². The Bertz CT molecular complexity index is 805. The second kappa shape index (κ2) is 8.88. The number of hydrazine groups is 1. The highest BCUT2D eigenvalue weighted by molar-refractivity contribution is 9.10. The van der Waals surface area contributed by atoms with E-state index in [0.29, 0.717) is 10.2 Å². The maximum Gasteiger partial charge on any atom is 0.258 e. The number of methoxy groups -OCH3 is 1. The average Bonchev–Trinajstić information content (AvgIpc) is 2.61. The van der Waals surface area contributed by atoms with Crippen molar-refractivity contribution in [1.29, 1.82) is 0 Å². The molecular weight excluding hydrogens is 392 g/mol. The van der Waals surface area contributed by atoms with Gasteiger partial charge in [0.2, 0.25) is 0 Å². The molecule has 1 aromatic heterocycles. The molecule has 0 fully saturated rings. The lowest BCUT2D eigenvalue weighted by Gasteiger charge is -2.10. The molecule has 1 heterocycles. The Balaban J connectivity index is 1.76. The molecule has 0 saturated heterocycles. The van der Waals surface area contributed by atoms with Crippen LogP contribution in [0.15, 0.2) is 51.9 Å². The summed E-state index contributed by atoms with van der Waals surface area (Å²) in [4.78, 5) is 35.1. The van der Waals surface area contributed by atoms with Crippen LogP contribution in [0.5, 0.6) is 5.75 Å². The molecule has 132 valence electrons. The summed E-state index contributed by atoms with van der Waals surface area (Å²) in [5.41, 5.74) is 4.96. The first kappa shape index (κ1) is 18.5. The van der Waals surface area contributed by atoms with Crippen LogP contribution >= 0.6 is 15.9 Å². The molecule has 25 heavy (non-hydrogen) atoms. The molecule has 2 rings (SSSR count). The van der Waals surface area contributed by atoms with Gasteiger partial charge in [-0.2, -0.15) is 0 Å². The molecule has 0 atom stereocenters. The molecule has 1 aromatic carbocycles. The van der Waals surface area contributed by atoms with Crippen LogP contribution in [0.3, 0.4) is 0 Å². The first-order valence-electron chi connectivity index (χ1n) is 7.29. The number of benzene rings is 1. The van der Waals surface area contributed by atoms with E-state index in [-0.39, 0.29) is 18.6 Å². The largest absolute Gasteiger partial charge is 0.497 e. The van der Waals surface area contributed by atoms with Crippen molar-refractivity contribution < 1.29 is 14.3 Å². The predicted octanol–water partition coefficient (Wildman–Crippen LogP) is 0.879. The minimum atomic E-state index is -0.516. The summed E-state index contributed by atoms with van der Waals surface area (Å²) in [6, 6.07) is 9.99. The Hall–Kier alpha value is -2.81. The van der Waals surface area contributed by atoms with E-state index >= 15 is 0 Å². The molecule has 0 radical (unpaired) electrons. The fourth-order valence-corrected chi connectivity index (χ4v) is 2.27. The van der Waals surface area contributed by atoms with Gasteiger partial charge in [0.1, 0.15) is 12.3 Å². The summed E-state index contributed by atoms with van der Waals surface area (Å²) in [6.07, 6.45) is 1.50. The van der Waals surface area contributed by atoms with Crippen LogP contribution in [0.2, 0.25) is 0 Å². The number of nitrogens with one attached hydrogen (secondary N) is 3. The van der Waals surface area contributed by atoms with E-state index in [1.807, 2.05) is 0 Å². The highest BCUT2D eigenvalue weighted by Crippen LogP contribution is 2.14. The Kier molecular flexibility index (Phi) is 6.58. The lowest BCUT2D eigenvalue weighted by molar-refractivity contribution is -0.128. The van der Waals surface area contributed by atoms with Crippen molar-refractivity contribution in [3.05, 3.63) is 57.4 Å². The van der Waals surface area contributed by atoms with Gasteiger partial charge in [-0.15, -0.1) is 0 Å². The van der Waals surface area contributed by atoms with Gasteiger partial charge in [0.25, 0.3) is 17.4 Å².